The number of methoxy groups -OCH3 is 1. The van der Waals surface area contributed by atoms with E-state index in [1.54, 1.807) is 18.2 Å². The van der Waals surface area contributed by atoms with E-state index in [-0.39, 0.29) is 5.56 Å². The highest BCUT2D eigenvalue weighted by Crippen LogP contribution is 2.32. The number of halogens is 3. The van der Waals surface area contributed by atoms with Gasteiger partial charge < -0.3 is 9.30 Å². The summed E-state index contributed by atoms with van der Waals surface area (Å²) in [6.07, 6.45) is -0.232. The maximum Gasteiger partial charge on any atom is 0.205 e. The Labute approximate surface area is 119 Å². The van der Waals surface area contributed by atoms with Crippen LogP contribution in [0, 0.1) is 11.6 Å². The van der Waals surface area contributed by atoms with E-state index in [0.717, 1.165) is 24.6 Å². The highest BCUT2D eigenvalue weighted by Gasteiger charge is 2.22. The SMILES string of the molecule is COc1c(F)ccc(C(F)n2ccc3ccccc32)c1F. The average Bonchev–Trinajstić information content (AvgIpc) is 2.91. The first-order valence-electron chi connectivity index (χ1n) is 6.35. The summed E-state index contributed by atoms with van der Waals surface area (Å²) in [5.41, 5.74) is 0.363. The molecule has 108 valence electrons. The summed E-state index contributed by atoms with van der Waals surface area (Å²) in [5.74, 6) is -2.46. The third-order valence-corrected chi connectivity index (χ3v) is 3.41. The standard InChI is InChI=1S/C16H12F3NO/c1-21-15-12(17)7-6-11(14(15)18)16(19)20-9-8-10-4-2-3-5-13(10)20/h2-9,16H,1H3. The fourth-order valence-corrected chi connectivity index (χ4v) is 2.37. The number of benzene rings is 2. The van der Waals surface area contributed by atoms with Gasteiger partial charge in [0, 0.05) is 11.8 Å². The van der Waals surface area contributed by atoms with Crippen LogP contribution in [0.4, 0.5) is 13.2 Å². The van der Waals surface area contributed by atoms with Crippen LogP contribution in [0.2, 0.25) is 0 Å². The van der Waals surface area contributed by atoms with Crippen LogP contribution in [0.25, 0.3) is 10.9 Å². The topological polar surface area (TPSA) is 14.2 Å². The number of fused-ring (bicyclic) bond motifs is 1. The Hall–Kier alpha value is -2.43. The molecule has 1 heterocycles. The number of hydrogen-bond donors (Lipinski definition) is 0. The van der Waals surface area contributed by atoms with Gasteiger partial charge in [-0.05, 0) is 29.7 Å². The Morgan fingerprint density at radius 2 is 1.81 bits per heavy atom. The van der Waals surface area contributed by atoms with Crippen LogP contribution < -0.4 is 4.74 Å². The monoisotopic (exact) mass is 291 g/mol. The summed E-state index contributed by atoms with van der Waals surface area (Å²) in [7, 11) is 1.14. The quantitative estimate of drug-likeness (QED) is 0.695. The Morgan fingerprint density at radius 1 is 1.05 bits per heavy atom. The van der Waals surface area contributed by atoms with Crippen molar-refractivity contribution in [1.29, 1.82) is 0 Å². The average molecular weight is 291 g/mol. The van der Waals surface area contributed by atoms with Gasteiger partial charge in [-0.15, -0.1) is 0 Å². The summed E-state index contributed by atoms with van der Waals surface area (Å²) < 4.78 is 48.2. The van der Waals surface area contributed by atoms with Crippen LogP contribution in [0.1, 0.15) is 11.9 Å². The Kier molecular flexibility index (Phi) is 3.33. The molecule has 0 radical (unpaired) electrons. The minimum Gasteiger partial charge on any atom is -0.491 e. The number of hydrogen-bond acceptors (Lipinski definition) is 1. The number of aromatic nitrogens is 1. The second-order valence-corrected chi connectivity index (χ2v) is 4.60. The molecule has 3 aromatic rings. The van der Waals surface area contributed by atoms with Crippen LogP contribution in [0.3, 0.4) is 0 Å². The Bertz CT molecular complexity index is 797. The second kappa shape index (κ2) is 5.16. The molecule has 5 heteroatoms. The van der Waals surface area contributed by atoms with Gasteiger partial charge in [-0.1, -0.05) is 18.2 Å². The van der Waals surface area contributed by atoms with E-state index in [1.807, 2.05) is 12.1 Å². The fourth-order valence-electron chi connectivity index (χ4n) is 2.37. The molecule has 0 fully saturated rings. The lowest BCUT2D eigenvalue weighted by Gasteiger charge is -2.15. The van der Waals surface area contributed by atoms with Gasteiger partial charge in [0.05, 0.1) is 12.6 Å². The van der Waals surface area contributed by atoms with Crippen LogP contribution in [0.5, 0.6) is 5.75 Å². The summed E-state index contributed by atoms with van der Waals surface area (Å²) in [6, 6.07) is 11.0. The molecule has 1 aromatic heterocycles. The van der Waals surface area contributed by atoms with Gasteiger partial charge in [-0.25, -0.2) is 13.2 Å². The van der Waals surface area contributed by atoms with Gasteiger partial charge in [0.15, 0.2) is 17.4 Å². The van der Waals surface area contributed by atoms with E-state index in [9.17, 15) is 13.2 Å². The minimum atomic E-state index is -1.76. The molecular formula is C16H12F3NO. The summed E-state index contributed by atoms with van der Waals surface area (Å²) in [4.78, 5) is 0. The zero-order valence-electron chi connectivity index (χ0n) is 11.2. The summed E-state index contributed by atoms with van der Waals surface area (Å²) in [6.45, 7) is 0. The smallest absolute Gasteiger partial charge is 0.205 e. The van der Waals surface area contributed by atoms with Crippen molar-refractivity contribution in [2.24, 2.45) is 0 Å². The first kappa shape index (κ1) is 13.5. The number of rotatable bonds is 3. The van der Waals surface area contributed by atoms with E-state index in [4.69, 9.17) is 0 Å². The maximum atomic E-state index is 14.7. The Morgan fingerprint density at radius 3 is 2.57 bits per heavy atom. The van der Waals surface area contributed by atoms with Gasteiger partial charge in [-0.3, -0.25) is 0 Å². The van der Waals surface area contributed by atoms with E-state index >= 15 is 0 Å². The molecule has 2 aromatic carbocycles. The third-order valence-electron chi connectivity index (χ3n) is 3.41. The third kappa shape index (κ3) is 2.14. The molecule has 2 nitrogen and oxygen atoms in total. The molecule has 0 amide bonds. The van der Waals surface area contributed by atoms with E-state index in [1.165, 1.54) is 10.8 Å². The molecule has 0 aliphatic carbocycles. The van der Waals surface area contributed by atoms with Gasteiger partial charge >= 0.3 is 0 Å². The highest BCUT2D eigenvalue weighted by atomic mass is 19.1. The van der Waals surface area contributed by atoms with Gasteiger partial charge in [-0.2, -0.15) is 0 Å². The van der Waals surface area contributed by atoms with Crippen molar-refractivity contribution in [3.8, 4) is 5.75 Å². The summed E-state index contributed by atoms with van der Waals surface area (Å²) in [5, 5.41) is 0.842. The Balaban J connectivity index is 2.12. The van der Waals surface area contributed by atoms with Crippen molar-refractivity contribution in [3.05, 3.63) is 65.9 Å². The molecule has 1 atom stereocenters. The molecule has 0 aliphatic heterocycles. The molecule has 0 spiro atoms. The predicted octanol–water partition coefficient (Wildman–Crippen LogP) is 4.44. The normalized spacial score (nSPS) is 12.6. The number of alkyl halides is 1. The molecule has 0 N–H and O–H groups in total. The zero-order chi connectivity index (χ0) is 15.0. The molecule has 0 saturated carbocycles. The molecule has 0 saturated heterocycles. The molecule has 3 rings (SSSR count). The van der Waals surface area contributed by atoms with Crippen LogP contribution in [-0.2, 0) is 0 Å². The van der Waals surface area contributed by atoms with Gasteiger partial charge in [0.1, 0.15) is 0 Å². The predicted molar refractivity (Wildman–Crippen MR) is 74.1 cm³/mol. The summed E-state index contributed by atoms with van der Waals surface area (Å²) >= 11 is 0. The lowest BCUT2D eigenvalue weighted by Crippen LogP contribution is -2.08. The lowest BCUT2D eigenvalue weighted by molar-refractivity contribution is 0.285. The van der Waals surface area contributed by atoms with Gasteiger partial charge in [0.2, 0.25) is 6.30 Å². The van der Waals surface area contributed by atoms with Crippen molar-refractivity contribution in [2.45, 2.75) is 6.30 Å². The minimum absolute atomic E-state index is 0.269. The molecule has 21 heavy (non-hydrogen) atoms. The van der Waals surface area contributed by atoms with Crippen molar-refractivity contribution < 1.29 is 17.9 Å². The number of para-hydroxylation sites is 1. The van der Waals surface area contributed by atoms with Crippen molar-refractivity contribution >= 4 is 10.9 Å². The molecule has 0 aliphatic rings. The van der Waals surface area contributed by atoms with Crippen molar-refractivity contribution in [3.63, 3.8) is 0 Å². The lowest BCUT2D eigenvalue weighted by atomic mass is 10.1. The van der Waals surface area contributed by atoms with E-state index in [2.05, 4.69) is 4.74 Å². The fraction of sp³-hybridized carbons (Fsp3) is 0.125. The molecule has 1 unspecified atom stereocenters. The van der Waals surface area contributed by atoms with Crippen molar-refractivity contribution in [2.75, 3.05) is 7.11 Å². The van der Waals surface area contributed by atoms with Crippen molar-refractivity contribution in [1.82, 2.24) is 4.57 Å². The van der Waals surface area contributed by atoms with Crippen LogP contribution >= 0.6 is 0 Å². The number of ether oxygens (including phenoxy) is 1. The van der Waals surface area contributed by atoms with Crippen LogP contribution in [-0.4, -0.2) is 11.7 Å². The van der Waals surface area contributed by atoms with E-state index < -0.39 is 23.7 Å². The molecular weight excluding hydrogens is 279 g/mol. The second-order valence-electron chi connectivity index (χ2n) is 4.60. The van der Waals surface area contributed by atoms with Gasteiger partial charge in [0.25, 0.3) is 0 Å². The highest BCUT2D eigenvalue weighted by molar-refractivity contribution is 5.80. The number of nitrogens with zero attached hydrogens (tertiary/aromatic N) is 1. The molecule has 0 bridgehead atoms. The largest absolute Gasteiger partial charge is 0.491 e. The van der Waals surface area contributed by atoms with E-state index in [0.29, 0.717) is 5.52 Å². The first-order valence-corrected chi connectivity index (χ1v) is 6.35. The maximum absolute atomic E-state index is 14.7. The van der Waals surface area contributed by atoms with Crippen LogP contribution in [0.15, 0.2) is 48.7 Å². The first-order chi connectivity index (χ1) is 10.1. The zero-order valence-corrected chi connectivity index (χ0v) is 11.2.